The predicted molar refractivity (Wildman–Crippen MR) is 104 cm³/mol. The Balaban J connectivity index is 0.00000208. The molecule has 1 atom stereocenters. The van der Waals surface area contributed by atoms with Gasteiger partial charge >= 0.3 is 0 Å². The molecule has 0 radical (unpaired) electrons. The molecular weight excluding hydrogens is 343 g/mol. The lowest BCUT2D eigenvalue weighted by atomic mass is 10.1. The van der Waals surface area contributed by atoms with E-state index in [0.29, 0.717) is 6.54 Å². The van der Waals surface area contributed by atoms with Crippen molar-refractivity contribution in [1.29, 1.82) is 0 Å². The average Bonchev–Trinajstić information content (AvgIpc) is 2.54. The highest BCUT2D eigenvalue weighted by Gasteiger charge is 2.09. The number of nitrogens with zero attached hydrogens (tertiary/aromatic N) is 1. The highest BCUT2D eigenvalue weighted by molar-refractivity contribution is 6.31. The summed E-state index contributed by atoms with van der Waals surface area (Å²) in [5.41, 5.74) is 4.76. The highest BCUT2D eigenvalue weighted by atomic mass is 35.5. The van der Waals surface area contributed by atoms with Gasteiger partial charge in [-0.05, 0) is 37.6 Å². The molecule has 0 saturated heterocycles. The molecule has 3 aromatic rings. The molecule has 2 N–H and O–H groups in total. The summed E-state index contributed by atoms with van der Waals surface area (Å²) in [5, 5.41) is 14.6. The lowest BCUT2D eigenvalue weighted by molar-refractivity contribution is 0.208. The van der Waals surface area contributed by atoms with Crippen molar-refractivity contribution in [2.75, 3.05) is 11.9 Å². The molecule has 0 aliphatic carbocycles. The molecule has 1 heterocycles. The number of fused-ring (bicyclic) bond motifs is 1. The topological polar surface area (TPSA) is 45.1 Å². The summed E-state index contributed by atoms with van der Waals surface area (Å²) in [6.07, 6.45) is -0.417. The van der Waals surface area contributed by atoms with Gasteiger partial charge in [-0.1, -0.05) is 41.9 Å². The molecule has 0 aliphatic heterocycles. The van der Waals surface area contributed by atoms with Crippen LogP contribution in [0.5, 0.6) is 0 Å². The number of hydrogen-bond donors (Lipinski definition) is 2. The summed E-state index contributed by atoms with van der Waals surface area (Å²) in [6.45, 7) is 4.23. The summed E-state index contributed by atoms with van der Waals surface area (Å²) in [5.74, 6) is 0. The Labute approximate surface area is 153 Å². The molecule has 0 saturated carbocycles. The molecule has 1 aromatic heterocycles. The first kappa shape index (κ1) is 18.5. The molecule has 0 amide bonds. The van der Waals surface area contributed by atoms with E-state index in [2.05, 4.69) is 5.32 Å². The van der Waals surface area contributed by atoms with Crippen LogP contribution in [0.2, 0.25) is 5.02 Å². The third-order valence-corrected chi connectivity index (χ3v) is 4.18. The van der Waals surface area contributed by atoms with Gasteiger partial charge in [-0.2, -0.15) is 0 Å². The second-order valence-electron chi connectivity index (χ2n) is 5.77. The Kier molecular flexibility index (Phi) is 6.05. The van der Waals surface area contributed by atoms with E-state index >= 15 is 0 Å². The number of rotatable bonds is 4. The van der Waals surface area contributed by atoms with E-state index < -0.39 is 6.10 Å². The smallest absolute Gasteiger partial charge is 0.0730 e. The van der Waals surface area contributed by atoms with Crippen molar-refractivity contribution >= 4 is 40.6 Å². The lowest BCUT2D eigenvalue weighted by Crippen LogP contribution is -2.15. The van der Waals surface area contributed by atoms with Gasteiger partial charge in [0.1, 0.15) is 0 Å². The molecule has 1 unspecified atom stereocenters. The number of anilines is 1. The van der Waals surface area contributed by atoms with Gasteiger partial charge in [0, 0.05) is 28.2 Å². The molecule has 0 aliphatic rings. The van der Waals surface area contributed by atoms with Crippen LogP contribution in [0.15, 0.2) is 48.5 Å². The zero-order chi connectivity index (χ0) is 16.4. The zero-order valence-corrected chi connectivity index (χ0v) is 15.2. The molecule has 126 valence electrons. The van der Waals surface area contributed by atoms with E-state index in [1.807, 2.05) is 55.5 Å². The number of aryl methyl sites for hydroxylation is 1. The third kappa shape index (κ3) is 3.99. The first-order valence-corrected chi connectivity index (χ1v) is 8.00. The summed E-state index contributed by atoms with van der Waals surface area (Å²) in [6, 6.07) is 15.9. The first-order chi connectivity index (χ1) is 11.0. The Morgan fingerprint density at radius 1 is 1.17 bits per heavy atom. The zero-order valence-electron chi connectivity index (χ0n) is 13.6. The molecule has 5 heteroatoms. The number of benzene rings is 2. The van der Waals surface area contributed by atoms with Crippen molar-refractivity contribution in [3.63, 3.8) is 0 Å². The van der Waals surface area contributed by atoms with Crippen LogP contribution in [-0.2, 0) is 0 Å². The summed E-state index contributed by atoms with van der Waals surface area (Å²) in [4.78, 5) is 4.74. The Bertz CT molecular complexity index is 850. The van der Waals surface area contributed by atoms with Crippen LogP contribution >= 0.6 is 24.0 Å². The van der Waals surface area contributed by atoms with Gasteiger partial charge in [0.15, 0.2) is 0 Å². The fraction of sp³-hybridized carbons (Fsp3) is 0.211. The molecule has 0 bridgehead atoms. The minimum Gasteiger partial charge on any atom is -0.392 e. The van der Waals surface area contributed by atoms with E-state index in [0.717, 1.165) is 38.4 Å². The van der Waals surface area contributed by atoms with Gasteiger partial charge < -0.3 is 10.4 Å². The SMILES string of the molecule is Cc1ccc(-c2cc(NCC(C)O)c3ccccc3n2)cc1Cl.Cl. The monoisotopic (exact) mass is 362 g/mol. The minimum atomic E-state index is -0.417. The van der Waals surface area contributed by atoms with Gasteiger partial charge in [0.05, 0.1) is 17.3 Å². The lowest BCUT2D eigenvalue weighted by Gasteiger charge is -2.13. The number of halogens is 2. The quantitative estimate of drug-likeness (QED) is 0.680. The number of hydrogen-bond acceptors (Lipinski definition) is 3. The van der Waals surface area contributed by atoms with Crippen molar-refractivity contribution in [3.05, 3.63) is 59.1 Å². The van der Waals surface area contributed by atoms with Gasteiger partial charge in [-0.3, -0.25) is 0 Å². The number of aromatic nitrogens is 1. The van der Waals surface area contributed by atoms with Crippen LogP contribution in [0.1, 0.15) is 12.5 Å². The van der Waals surface area contributed by atoms with Gasteiger partial charge in [0.25, 0.3) is 0 Å². The predicted octanol–water partition coefficient (Wildman–Crippen LogP) is 5.08. The van der Waals surface area contributed by atoms with E-state index in [4.69, 9.17) is 16.6 Å². The fourth-order valence-corrected chi connectivity index (χ4v) is 2.66. The Morgan fingerprint density at radius 3 is 2.62 bits per heavy atom. The first-order valence-electron chi connectivity index (χ1n) is 7.63. The van der Waals surface area contributed by atoms with E-state index in [-0.39, 0.29) is 12.4 Å². The van der Waals surface area contributed by atoms with Crippen LogP contribution < -0.4 is 5.32 Å². The van der Waals surface area contributed by atoms with E-state index in [1.165, 1.54) is 0 Å². The van der Waals surface area contributed by atoms with Crippen molar-refractivity contribution < 1.29 is 5.11 Å². The molecular formula is C19H20Cl2N2O. The number of para-hydroxylation sites is 1. The maximum absolute atomic E-state index is 9.54. The van der Waals surface area contributed by atoms with Gasteiger partial charge in [-0.25, -0.2) is 4.98 Å². The Hall–Kier alpha value is -1.81. The van der Waals surface area contributed by atoms with Gasteiger partial charge in [0.2, 0.25) is 0 Å². The summed E-state index contributed by atoms with van der Waals surface area (Å²) < 4.78 is 0. The van der Waals surface area contributed by atoms with Gasteiger partial charge in [-0.15, -0.1) is 12.4 Å². The van der Waals surface area contributed by atoms with Crippen molar-refractivity contribution in [3.8, 4) is 11.3 Å². The number of nitrogens with one attached hydrogen (secondary N) is 1. The largest absolute Gasteiger partial charge is 0.392 e. The van der Waals surface area contributed by atoms with Crippen LogP contribution in [0.3, 0.4) is 0 Å². The minimum absolute atomic E-state index is 0. The summed E-state index contributed by atoms with van der Waals surface area (Å²) >= 11 is 6.25. The average molecular weight is 363 g/mol. The fourth-order valence-electron chi connectivity index (χ4n) is 2.48. The highest BCUT2D eigenvalue weighted by Crippen LogP contribution is 2.30. The van der Waals surface area contributed by atoms with Crippen LogP contribution in [-0.4, -0.2) is 22.7 Å². The number of aliphatic hydroxyl groups excluding tert-OH is 1. The third-order valence-electron chi connectivity index (χ3n) is 3.77. The number of pyridine rings is 1. The van der Waals surface area contributed by atoms with Crippen molar-refractivity contribution in [2.24, 2.45) is 0 Å². The second kappa shape index (κ2) is 7.84. The van der Waals surface area contributed by atoms with Crippen LogP contribution in [0, 0.1) is 6.92 Å². The Morgan fingerprint density at radius 2 is 1.92 bits per heavy atom. The van der Waals surface area contributed by atoms with Crippen molar-refractivity contribution in [1.82, 2.24) is 4.98 Å². The molecule has 24 heavy (non-hydrogen) atoms. The standard InChI is InChI=1S/C19H19ClN2O.ClH/c1-12-7-8-14(9-16(12)20)18-10-19(21-11-13(2)23)15-5-3-4-6-17(15)22-18;/h3-10,13,23H,11H2,1-2H3,(H,21,22);1H. The van der Waals surface area contributed by atoms with E-state index in [1.54, 1.807) is 6.92 Å². The molecule has 2 aromatic carbocycles. The number of aliphatic hydroxyl groups is 1. The summed E-state index contributed by atoms with van der Waals surface area (Å²) in [7, 11) is 0. The maximum Gasteiger partial charge on any atom is 0.0730 e. The molecule has 3 nitrogen and oxygen atoms in total. The molecule has 0 fully saturated rings. The molecule has 3 rings (SSSR count). The second-order valence-corrected chi connectivity index (χ2v) is 6.17. The van der Waals surface area contributed by atoms with Crippen LogP contribution in [0.25, 0.3) is 22.2 Å². The van der Waals surface area contributed by atoms with Crippen LogP contribution in [0.4, 0.5) is 5.69 Å². The molecule has 0 spiro atoms. The van der Waals surface area contributed by atoms with Crippen molar-refractivity contribution in [2.45, 2.75) is 20.0 Å². The van der Waals surface area contributed by atoms with E-state index in [9.17, 15) is 5.11 Å². The normalized spacial score (nSPS) is 11.8. The maximum atomic E-state index is 9.54.